The molecule has 1 aromatic heterocycles. The fourth-order valence-corrected chi connectivity index (χ4v) is 6.02. The first kappa shape index (κ1) is 41.5. The predicted octanol–water partition coefficient (Wildman–Crippen LogP) is 5.59. The number of aromatic nitrogens is 1. The van der Waals surface area contributed by atoms with Gasteiger partial charge < -0.3 is 36.5 Å². The summed E-state index contributed by atoms with van der Waals surface area (Å²) in [4.78, 5) is 49.2. The maximum atomic E-state index is 13.6. The predicted molar refractivity (Wildman–Crippen MR) is 213 cm³/mol. The Morgan fingerprint density at radius 2 is 1.69 bits per heavy atom. The quantitative estimate of drug-likeness (QED) is 0.0648. The number of Topliss-reactive ketones (excluding diaryl/α,β-unsaturated/α-hetero) is 1. The van der Waals surface area contributed by atoms with Gasteiger partial charge >= 0.3 is 0 Å². The molecule has 1 saturated heterocycles. The van der Waals surface area contributed by atoms with E-state index in [-0.39, 0.29) is 37.3 Å². The van der Waals surface area contributed by atoms with Crippen LogP contribution in [0.3, 0.4) is 0 Å². The summed E-state index contributed by atoms with van der Waals surface area (Å²) in [7, 11) is 1.67. The van der Waals surface area contributed by atoms with Crippen molar-refractivity contribution in [1.29, 1.82) is 0 Å². The zero-order valence-corrected chi connectivity index (χ0v) is 31.7. The number of hydrogen-bond acceptors (Lipinski definition) is 8. The molecular weight excluding hydrogens is 729 g/mol. The molecule has 0 radical (unpaired) electrons. The molecule has 0 bridgehead atoms. The van der Waals surface area contributed by atoms with Gasteiger partial charge in [-0.1, -0.05) is 90.8 Å². The smallest absolute Gasteiger partial charge is 0.266 e. The van der Waals surface area contributed by atoms with Gasteiger partial charge in [-0.3, -0.25) is 14.4 Å². The highest BCUT2D eigenvalue weighted by Gasteiger charge is 2.36. The summed E-state index contributed by atoms with van der Waals surface area (Å²) in [6, 6.07) is 27.7. The molecule has 0 spiro atoms. The van der Waals surface area contributed by atoms with Crippen LogP contribution < -0.4 is 22.1 Å². The Balaban J connectivity index is 0.000000311. The number of aliphatic hydroxyl groups excluding tert-OH is 1. The first-order valence-electron chi connectivity index (χ1n) is 17.4. The summed E-state index contributed by atoms with van der Waals surface area (Å²) >= 11 is 12.0. The van der Waals surface area contributed by atoms with E-state index in [4.69, 9.17) is 44.2 Å². The molecule has 1 aliphatic heterocycles. The van der Waals surface area contributed by atoms with Crippen LogP contribution in [-0.2, 0) is 29.0 Å². The minimum absolute atomic E-state index is 0.0570. The van der Waals surface area contributed by atoms with Crippen molar-refractivity contribution in [2.45, 2.75) is 51.3 Å². The number of hydrogen-bond donors (Lipinski definition) is 5. The number of oxazole rings is 1. The molecule has 2 unspecified atom stereocenters. The van der Waals surface area contributed by atoms with Gasteiger partial charge in [0.1, 0.15) is 17.6 Å². The molecule has 1 fully saturated rings. The number of benzene rings is 4. The molecule has 0 aliphatic carbocycles. The second-order valence-corrected chi connectivity index (χ2v) is 13.2. The van der Waals surface area contributed by atoms with Crippen LogP contribution in [0.4, 0.5) is 5.69 Å². The summed E-state index contributed by atoms with van der Waals surface area (Å²) in [6.07, 6.45) is 2.39. The molecule has 0 saturated carbocycles. The van der Waals surface area contributed by atoms with Crippen LogP contribution in [0.15, 0.2) is 106 Å². The Bertz CT molecular complexity index is 1990. The highest BCUT2D eigenvalue weighted by Crippen LogP contribution is 2.26. The molecule has 54 heavy (non-hydrogen) atoms. The summed E-state index contributed by atoms with van der Waals surface area (Å²) in [5.74, 6) is -1.37. The van der Waals surface area contributed by atoms with E-state index in [1.54, 1.807) is 73.8 Å². The van der Waals surface area contributed by atoms with Crippen LogP contribution in [0.5, 0.6) is 0 Å². The number of aliphatic imine (C=N–C) groups is 1. The number of nitrogens with two attached hydrogens (primary N) is 2. The lowest BCUT2D eigenvalue weighted by molar-refractivity contribution is -0.137. The average molecular weight is 775 g/mol. The molecule has 5 aromatic rings. The maximum absolute atomic E-state index is 13.6. The first-order valence-corrected chi connectivity index (χ1v) is 18.2. The molecule has 2 amide bonds. The van der Waals surface area contributed by atoms with E-state index >= 15 is 0 Å². The van der Waals surface area contributed by atoms with E-state index in [0.717, 1.165) is 12.0 Å². The highest BCUT2D eigenvalue weighted by atomic mass is 35.5. The zero-order valence-electron chi connectivity index (χ0n) is 30.2. The molecule has 1 aliphatic rings. The summed E-state index contributed by atoms with van der Waals surface area (Å²) in [5.41, 5.74) is 15.2. The van der Waals surface area contributed by atoms with Crippen LogP contribution in [-0.4, -0.2) is 70.8 Å². The number of aliphatic hydroxyl groups is 1. The van der Waals surface area contributed by atoms with Crippen molar-refractivity contribution >= 4 is 63.5 Å². The monoisotopic (exact) mass is 773 g/mol. The van der Waals surface area contributed by atoms with Crippen LogP contribution in [0.1, 0.15) is 47.1 Å². The number of amides is 2. The summed E-state index contributed by atoms with van der Waals surface area (Å²) in [5, 5.41) is 15.2. The number of guanidine groups is 1. The number of rotatable bonds is 11. The standard InChI is InChI=1S/C25H28ClN7O4.C8H10.C7H7ClO/c1-29-13-21(34)33-10-4-6-19(33)23(36)31-18(11-14-8-9-15(12-16(14)26)30-25(27)28)22(35)24-32-17-5-2-3-7-20(17)37-24;1-2-8-6-4-3-5-7-8;8-7-3-1-6(5-9)2-4-7/h2-3,5,7-9,12,18-19,29H,4,6,10-11,13H2,1H3,(H,31,36)(H4,27,28,30);3-7H,2H2,1H3;1-4,9H,5H2. The van der Waals surface area contributed by atoms with Crippen LogP contribution >= 0.6 is 23.2 Å². The van der Waals surface area contributed by atoms with E-state index in [9.17, 15) is 14.4 Å². The van der Waals surface area contributed by atoms with E-state index in [1.165, 1.54) is 10.5 Å². The van der Waals surface area contributed by atoms with E-state index < -0.39 is 23.8 Å². The van der Waals surface area contributed by atoms with Gasteiger partial charge in [0.05, 0.1) is 18.8 Å². The van der Waals surface area contributed by atoms with Gasteiger partial charge in [-0.05, 0) is 79.4 Å². The first-order chi connectivity index (χ1) is 26.0. The van der Waals surface area contributed by atoms with Gasteiger partial charge in [-0.15, -0.1) is 0 Å². The van der Waals surface area contributed by atoms with E-state index in [0.29, 0.717) is 51.8 Å². The van der Waals surface area contributed by atoms with Crippen molar-refractivity contribution in [3.05, 3.63) is 130 Å². The Morgan fingerprint density at radius 1 is 0.981 bits per heavy atom. The van der Waals surface area contributed by atoms with Crippen LogP contribution in [0.25, 0.3) is 11.1 Å². The van der Waals surface area contributed by atoms with Crippen molar-refractivity contribution in [3.63, 3.8) is 0 Å². The number of carbonyl (C=O) groups excluding carboxylic acids is 3. The number of fused-ring (bicyclic) bond motifs is 1. The van der Waals surface area contributed by atoms with Crippen molar-refractivity contribution in [2.24, 2.45) is 16.5 Å². The number of carbonyl (C=O) groups is 3. The molecule has 14 heteroatoms. The van der Waals surface area contributed by atoms with Gasteiger partial charge in [-0.2, -0.15) is 0 Å². The minimum Gasteiger partial charge on any atom is -0.434 e. The number of nitrogens with one attached hydrogen (secondary N) is 2. The van der Waals surface area contributed by atoms with Crippen molar-refractivity contribution < 1.29 is 23.9 Å². The van der Waals surface area contributed by atoms with E-state index in [1.807, 2.05) is 6.07 Å². The molecule has 4 aromatic carbocycles. The lowest BCUT2D eigenvalue weighted by Crippen LogP contribution is -2.52. The SMILES string of the molecule is CCc1ccccc1.CNCC(=O)N1CCCC1C(=O)NC(Cc1ccc(N=C(N)N)cc1Cl)C(=O)c1nc2ccccc2o1.OCc1ccc(Cl)cc1. The Morgan fingerprint density at radius 3 is 2.30 bits per heavy atom. The third-order valence-corrected chi connectivity index (χ3v) is 9.01. The fourth-order valence-electron chi connectivity index (χ4n) is 5.64. The van der Waals surface area contributed by atoms with Gasteiger partial charge in [0.2, 0.25) is 17.6 Å². The second kappa shape index (κ2) is 20.8. The lowest BCUT2D eigenvalue weighted by Gasteiger charge is -2.26. The number of para-hydroxylation sites is 2. The van der Waals surface area contributed by atoms with Crippen LogP contribution in [0.2, 0.25) is 10.0 Å². The molecule has 7 N–H and O–H groups in total. The second-order valence-electron chi connectivity index (χ2n) is 12.3. The summed E-state index contributed by atoms with van der Waals surface area (Å²) < 4.78 is 5.68. The Hall–Kier alpha value is -5.27. The zero-order chi connectivity index (χ0) is 39.0. The highest BCUT2D eigenvalue weighted by molar-refractivity contribution is 6.31. The molecule has 6 rings (SSSR count). The molecule has 2 heterocycles. The van der Waals surface area contributed by atoms with Gasteiger partial charge in [0, 0.05) is 23.0 Å². The lowest BCUT2D eigenvalue weighted by atomic mass is 10.0. The number of nitrogens with zero attached hydrogens (tertiary/aromatic N) is 3. The normalized spacial score (nSPS) is 13.9. The molecule has 12 nitrogen and oxygen atoms in total. The van der Waals surface area contributed by atoms with E-state index in [2.05, 4.69) is 51.8 Å². The number of likely N-dealkylation sites (tertiary alicyclic amines) is 1. The Labute approximate surface area is 324 Å². The Kier molecular flexibility index (Phi) is 16.0. The van der Waals surface area contributed by atoms with Crippen molar-refractivity contribution in [2.75, 3.05) is 20.1 Å². The third kappa shape index (κ3) is 12.1. The topological polar surface area (TPSA) is 189 Å². The maximum Gasteiger partial charge on any atom is 0.266 e. The number of aryl methyl sites for hydroxylation is 1. The van der Waals surface area contributed by atoms with Gasteiger partial charge in [-0.25, -0.2) is 9.98 Å². The average Bonchev–Trinajstić information content (AvgIpc) is 3.85. The number of likely N-dealkylation sites (N-methyl/N-ethyl adjacent to an activating group) is 1. The number of ketones is 1. The fraction of sp³-hybridized carbons (Fsp3) is 0.275. The summed E-state index contributed by atoms with van der Waals surface area (Å²) in [6.45, 7) is 2.83. The van der Waals surface area contributed by atoms with Crippen molar-refractivity contribution in [3.8, 4) is 0 Å². The largest absolute Gasteiger partial charge is 0.434 e. The van der Waals surface area contributed by atoms with Gasteiger partial charge in [0.15, 0.2) is 11.5 Å². The molecule has 2 atom stereocenters. The third-order valence-electron chi connectivity index (χ3n) is 8.41. The van der Waals surface area contributed by atoms with Crippen molar-refractivity contribution in [1.82, 2.24) is 20.5 Å². The molecule has 284 valence electrons. The number of halogens is 2. The van der Waals surface area contributed by atoms with Crippen LogP contribution in [0, 0.1) is 0 Å². The molecular formula is C40H45Cl2N7O5. The van der Waals surface area contributed by atoms with Gasteiger partial charge in [0.25, 0.3) is 5.89 Å². The minimum atomic E-state index is -1.05.